The zero-order valence-corrected chi connectivity index (χ0v) is 13.1. The Bertz CT molecular complexity index is 694. The molecule has 0 bridgehead atoms. The summed E-state index contributed by atoms with van der Waals surface area (Å²) in [5, 5.41) is 3.05. The lowest BCUT2D eigenvalue weighted by molar-refractivity contribution is 0.0938. The van der Waals surface area contributed by atoms with Crippen molar-refractivity contribution in [3.8, 4) is 5.75 Å². The predicted octanol–water partition coefficient (Wildman–Crippen LogP) is 3.28. The Balaban J connectivity index is 1.62. The first-order valence-corrected chi connectivity index (χ1v) is 7.70. The molecule has 1 atom stereocenters. The molecule has 1 aliphatic heterocycles. The number of amides is 1. The number of para-hydroxylation sites is 1. The molecule has 1 amide bonds. The van der Waals surface area contributed by atoms with Gasteiger partial charge in [0.15, 0.2) is 0 Å². The number of carbonyl (C=O) groups excluding carboxylic acids is 1. The van der Waals surface area contributed by atoms with Crippen molar-refractivity contribution in [1.29, 1.82) is 0 Å². The molecule has 1 aliphatic rings. The molecule has 3 heteroatoms. The van der Waals surface area contributed by atoms with Crippen molar-refractivity contribution < 1.29 is 9.53 Å². The quantitative estimate of drug-likeness (QED) is 0.943. The van der Waals surface area contributed by atoms with Gasteiger partial charge in [-0.3, -0.25) is 4.79 Å². The molecule has 1 heterocycles. The van der Waals surface area contributed by atoms with Gasteiger partial charge < -0.3 is 10.1 Å². The van der Waals surface area contributed by atoms with Crippen LogP contribution in [0.15, 0.2) is 42.5 Å². The summed E-state index contributed by atoms with van der Waals surface area (Å²) in [5.41, 5.74) is 4.17. The van der Waals surface area contributed by atoms with Crippen LogP contribution in [-0.2, 0) is 6.42 Å². The monoisotopic (exact) mass is 295 g/mol. The van der Waals surface area contributed by atoms with Gasteiger partial charge in [-0.1, -0.05) is 30.3 Å². The fraction of sp³-hybridized carbons (Fsp3) is 0.316. The SMILES string of the molecule is Cc1cccc(C(=O)NCC2COc3ccccc3C2)c1C. The Labute approximate surface area is 131 Å². The number of hydrogen-bond acceptors (Lipinski definition) is 2. The minimum Gasteiger partial charge on any atom is -0.493 e. The second-order valence-electron chi connectivity index (χ2n) is 5.95. The first-order valence-electron chi connectivity index (χ1n) is 7.70. The van der Waals surface area contributed by atoms with E-state index in [1.807, 2.05) is 50.2 Å². The van der Waals surface area contributed by atoms with E-state index in [2.05, 4.69) is 11.4 Å². The lowest BCUT2D eigenvalue weighted by atomic mass is 9.96. The largest absolute Gasteiger partial charge is 0.493 e. The van der Waals surface area contributed by atoms with Crippen LogP contribution in [-0.4, -0.2) is 19.1 Å². The van der Waals surface area contributed by atoms with Crippen molar-refractivity contribution in [1.82, 2.24) is 5.32 Å². The third kappa shape index (κ3) is 2.98. The standard InChI is InChI=1S/C19H21NO2/c1-13-6-5-8-17(14(13)2)19(21)20-11-15-10-16-7-3-4-9-18(16)22-12-15/h3-9,15H,10-12H2,1-2H3,(H,20,21). The van der Waals surface area contributed by atoms with E-state index in [0.29, 0.717) is 19.1 Å². The summed E-state index contributed by atoms with van der Waals surface area (Å²) in [6.07, 6.45) is 0.948. The highest BCUT2D eigenvalue weighted by atomic mass is 16.5. The van der Waals surface area contributed by atoms with Gasteiger partial charge in [-0.05, 0) is 49.1 Å². The molecule has 1 unspecified atom stereocenters. The molecule has 0 saturated carbocycles. The Morgan fingerprint density at radius 2 is 2.00 bits per heavy atom. The van der Waals surface area contributed by atoms with Crippen LogP contribution in [0.1, 0.15) is 27.0 Å². The van der Waals surface area contributed by atoms with Gasteiger partial charge in [0.1, 0.15) is 5.75 Å². The number of rotatable bonds is 3. The maximum absolute atomic E-state index is 12.4. The molecule has 2 aromatic carbocycles. The summed E-state index contributed by atoms with van der Waals surface area (Å²) in [5.74, 6) is 1.30. The van der Waals surface area contributed by atoms with E-state index in [1.165, 1.54) is 5.56 Å². The number of benzene rings is 2. The average molecular weight is 295 g/mol. The topological polar surface area (TPSA) is 38.3 Å². The third-order valence-corrected chi connectivity index (χ3v) is 4.36. The maximum Gasteiger partial charge on any atom is 0.251 e. The summed E-state index contributed by atoms with van der Waals surface area (Å²) < 4.78 is 5.77. The van der Waals surface area contributed by atoms with Gasteiger partial charge >= 0.3 is 0 Å². The smallest absolute Gasteiger partial charge is 0.251 e. The van der Waals surface area contributed by atoms with E-state index < -0.39 is 0 Å². The normalized spacial score (nSPS) is 16.5. The predicted molar refractivity (Wildman–Crippen MR) is 87.4 cm³/mol. The van der Waals surface area contributed by atoms with Crippen LogP contribution in [0.2, 0.25) is 0 Å². The van der Waals surface area contributed by atoms with E-state index in [-0.39, 0.29) is 5.91 Å². The summed E-state index contributed by atoms with van der Waals surface area (Å²) in [6.45, 7) is 5.31. The van der Waals surface area contributed by atoms with Crippen LogP contribution in [0, 0.1) is 19.8 Å². The van der Waals surface area contributed by atoms with Crippen LogP contribution in [0.25, 0.3) is 0 Å². The average Bonchev–Trinajstić information content (AvgIpc) is 2.55. The van der Waals surface area contributed by atoms with E-state index >= 15 is 0 Å². The lowest BCUT2D eigenvalue weighted by Gasteiger charge is -2.25. The number of aryl methyl sites for hydroxylation is 1. The Hall–Kier alpha value is -2.29. The number of ether oxygens (including phenoxy) is 1. The third-order valence-electron chi connectivity index (χ3n) is 4.36. The number of carbonyl (C=O) groups is 1. The van der Waals surface area contributed by atoms with Crippen LogP contribution in [0.3, 0.4) is 0 Å². The molecule has 0 spiro atoms. The van der Waals surface area contributed by atoms with Crippen molar-refractivity contribution in [2.75, 3.05) is 13.2 Å². The van der Waals surface area contributed by atoms with E-state index in [1.54, 1.807) is 0 Å². The van der Waals surface area contributed by atoms with E-state index in [9.17, 15) is 4.79 Å². The Kier molecular flexibility index (Phi) is 4.14. The second kappa shape index (κ2) is 6.22. The Morgan fingerprint density at radius 3 is 2.86 bits per heavy atom. The zero-order chi connectivity index (χ0) is 15.5. The maximum atomic E-state index is 12.4. The number of fused-ring (bicyclic) bond motifs is 1. The Morgan fingerprint density at radius 1 is 1.18 bits per heavy atom. The van der Waals surface area contributed by atoms with Crippen LogP contribution < -0.4 is 10.1 Å². The van der Waals surface area contributed by atoms with Crippen molar-refractivity contribution in [3.63, 3.8) is 0 Å². The molecular weight excluding hydrogens is 274 g/mol. The minimum atomic E-state index is 0.0000543. The van der Waals surface area contributed by atoms with E-state index in [4.69, 9.17) is 4.74 Å². The molecule has 0 aromatic heterocycles. The molecule has 1 N–H and O–H groups in total. The summed E-state index contributed by atoms with van der Waals surface area (Å²) in [4.78, 5) is 12.4. The van der Waals surface area contributed by atoms with Crippen LogP contribution in [0.4, 0.5) is 0 Å². The molecule has 3 nitrogen and oxygen atoms in total. The minimum absolute atomic E-state index is 0.0000543. The molecule has 22 heavy (non-hydrogen) atoms. The fourth-order valence-corrected chi connectivity index (χ4v) is 2.85. The van der Waals surface area contributed by atoms with Gasteiger partial charge in [0, 0.05) is 18.0 Å². The molecular formula is C19H21NO2. The highest BCUT2D eigenvalue weighted by Gasteiger charge is 2.20. The highest BCUT2D eigenvalue weighted by Crippen LogP contribution is 2.26. The molecule has 0 radical (unpaired) electrons. The van der Waals surface area contributed by atoms with Gasteiger partial charge in [-0.15, -0.1) is 0 Å². The van der Waals surface area contributed by atoms with Crippen molar-refractivity contribution in [2.45, 2.75) is 20.3 Å². The molecule has 0 fully saturated rings. The van der Waals surface area contributed by atoms with E-state index in [0.717, 1.165) is 28.9 Å². The van der Waals surface area contributed by atoms with Crippen molar-refractivity contribution >= 4 is 5.91 Å². The van der Waals surface area contributed by atoms with Gasteiger partial charge in [0.25, 0.3) is 5.91 Å². The van der Waals surface area contributed by atoms with Crippen molar-refractivity contribution in [2.24, 2.45) is 5.92 Å². The van der Waals surface area contributed by atoms with Gasteiger partial charge in [0.2, 0.25) is 0 Å². The van der Waals surface area contributed by atoms with Crippen LogP contribution >= 0.6 is 0 Å². The van der Waals surface area contributed by atoms with Crippen LogP contribution in [0.5, 0.6) is 5.75 Å². The number of hydrogen-bond donors (Lipinski definition) is 1. The molecule has 0 saturated heterocycles. The fourth-order valence-electron chi connectivity index (χ4n) is 2.85. The summed E-state index contributed by atoms with van der Waals surface area (Å²) in [7, 11) is 0. The molecule has 3 rings (SSSR count). The van der Waals surface area contributed by atoms with Gasteiger partial charge in [0.05, 0.1) is 6.61 Å². The molecule has 2 aromatic rings. The summed E-state index contributed by atoms with van der Waals surface area (Å²) in [6, 6.07) is 13.9. The number of nitrogens with one attached hydrogen (secondary N) is 1. The lowest BCUT2D eigenvalue weighted by Crippen LogP contribution is -2.35. The van der Waals surface area contributed by atoms with Gasteiger partial charge in [-0.2, -0.15) is 0 Å². The molecule has 0 aliphatic carbocycles. The second-order valence-corrected chi connectivity index (χ2v) is 5.95. The first-order chi connectivity index (χ1) is 10.6. The zero-order valence-electron chi connectivity index (χ0n) is 13.1. The van der Waals surface area contributed by atoms with Crippen molar-refractivity contribution in [3.05, 3.63) is 64.7 Å². The molecule has 114 valence electrons. The first kappa shape index (κ1) is 14.6. The van der Waals surface area contributed by atoms with Gasteiger partial charge in [-0.25, -0.2) is 0 Å². The highest BCUT2D eigenvalue weighted by molar-refractivity contribution is 5.95. The summed E-state index contributed by atoms with van der Waals surface area (Å²) >= 11 is 0.